The second-order valence-corrected chi connectivity index (χ2v) is 5.17. The quantitative estimate of drug-likeness (QED) is 0.897. The Balaban J connectivity index is 2.07. The monoisotopic (exact) mass is 255 g/mol. The normalized spacial score (nSPS) is 15.8. The number of hydrogen-bond acceptors (Lipinski definition) is 3. The van der Waals surface area contributed by atoms with Crippen LogP contribution in [-0.2, 0) is 0 Å². The summed E-state index contributed by atoms with van der Waals surface area (Å²) >= 11 is 0. The number of nitrogens with zero attached hydrogens (tertiary/aromatic N) is 2. The molecule has 0 spiro atoms. The zero-order valence-electron chi connectivity index (χ0n) is 11.0. The third-order valence-electron chi connectivity index (χ3n) is 3.77. The van der Waals surface area contributed by atoms with Crippen LogP contribution in [0.4, 0.5) is 0 Å². The van der Waals surface area contributed by atoms with Gasteiger partial charge in [-0.3, -0.25) is 9.78 Å². The van der Waals surface area contributed by atoms with Crippen molar-refractivity contribution in [1.29, 1.82) is 0 Å². The second-order valence-electron chi connectivity index (χ2n) is 5.17. The van der Waals surface area contributed by atoms with Crippen molar-refractivity contribution < 1.29 is 0 Å². The van der Waals surface area contributed by atoms with Crippen LogP contribution < -0.4 is 5.56 Å². The van der Waals surface area contributed by atoms with Gasteiger partial charge in [-0.25, -0.2) is 4.98 Å². The molecule has 1 aliphatic rings. The van der Waals surface area contributed by atoms with Gasteiger partial charge in [-0.1, -0.05) is 18.9 Å². The molecule has 1 aliphatic carbocycles. The van der Waals surface area contributed by atoms with E-state index in [1.165, 1.54) is 12.8 Å². The third kappa shape index (κ3) is 2.43. The summed E-state index contributed by atoms with van der Waals surface area (Å²) in [5.74, 6) is 1.03. The third-order valence-corrected chi connectivity index (χ3v) is 3.77. The van der Waals surface area contributed by atoms with Gasteiger partial charge in [0.1, 0.15) is 5.69 Å². The molecule has 0 radical (unpaired) electrons. The van der Waals surface area contributed by atoms with Gasteiger partial charge in [0.15, 0.2) is 5.82 Å². The fraction of sp³-hybridized carbons (Fsp3) is 0.400. The molecule has 0 atom stereocenters. The summed E-state index contributed by atoms with van der Waals surface area (Å²) in [6.07, 6.45) is 6.47. The van der Waals surface area contributed by atoms with Crippen molar-refractivity contribution in [3.05, 3.63) is 46.0 Å². The maximum atomic E-state index is 11.8. The van der Waals surface area contributed by atoms with E-state index in [4.69, 9.17) is 0 Å². The number of pyridine rings is 1. The lowest BCUT2D eigenvalue weighted by Crippen LogP contribution is -2.13. The van der Waals surface area contributed by atoms with Gasteiger partial charge in [0.25, 0.3) is 5.56 Å². The first-order valence-corrected chi connectivity index (χ1v) is 6.77. The largest absolute Gasteiger partial charge is 0.305 e. The first-order valence-electron chi connectivity index (χ1n) is 6.77. The highest BCUT2D eigenvalue weighted by Crippen LogP contribution is 2.32. The van der Waals surface area contributed by atoms with Crippen molar-refractivity contribution in [3.8, 4) is 11.5 Å². The van der Waals surface area contributed by atoms with E-state index in [1.807, 2.05) is 19.1 Å². The average molecular weight is 255 g/mol. The topological polar surface area (TPSA) is 58.6 Å². The number of aryl methyl sites for hydroxylation is 1. The van der Waals surface area contributed by atoms with Gasteiger partial charge in [0.2, 0.25) is 0 Å². The number of rotatable bonds is 2. The van der Waals surface area contributed by atoms with Gasteiger partial charge in [0.05, 0.1) is 5.69 Å². The molecule has 3 rings (SSSR count). The molecule has 1 N–H and O–H groups in total. The predicted octanol–water partition coefficient (Wildman–Crippen LogP) is 2.80. The number of hydrogen-bond donors (Lipinski definition) is 1. The number of H-pyrrole nitrogens is 1. The molecule has 19 heavy (non-hydrogen) atoms. The van der Waals surface area contributed by atoms with E-state index in [0.29, 0.717) is 11.7 Å². The van der Waals surface area contributed by atoms with E-state index in [0.717, 1.165) is 29.8 Å². The van der Waals surface area contributed by atoms with Gasteiger partial charge in [-0.2, -0.15) is 0 Å². The van der Waals surface area contributed by atoms with E-state index in [1.54, 1.807) is 12.3 Å². The zero-order chi connectivity index (χ0) is 13.2. The summed E-state index contributed by atoms with van der Waals surface area (Å²) in [5, 5.41) is 0. The molecule has 1 fully saturated rings. The summed E-state index contributed by atoms with van der Waals surface area (Å²) in [6, 6.07) is 5.50. The van der Waals surface area contributed by atoms with Gasteiger partial charge in [-0.05, 0) is 31.4 Å². The Morgan fingerprint density at radius 1 is 1.32 bits per heavy atom. The summed E-state index contributed by atoms with van der Waals surface area (Å²) in [5.41, 5.74) is 2.62. The molecule has 2 aromatic rings. The summed E-state index contributed by atoms with van der Waals surface area (Å²) < 4.78 is 0. The minimum atomic E-state index is -0.0862. The highest BCUT2D eigenvalue weighted by atomic mass is 16.1. The minimum absolute atomic E-state index is 0.0862. The van der Waals surface area contributed by atoms with Crippen LogP contribution in [0.1, 0.15) is 42.9 Å². The minimum Gasteiger partial charge on any atom is -0.305 e. The summed E-state index contributed by atoms with van der Waals surface area (Å²) in [7, 11) is 0. The second kappa shape index (κ2) is 4.96. The highest BCUT2D eigenvalue weighted by Gasteiger charge is 2.20. The molecule has 0 aromatic carbocycles. The van der Waals surface area contributed by atoms with E-state index < -0.39 is 0 Å². The molecule has 2 aromatic heterocycles. The van der Waals surface area contributed by atoms with Crippen molar-refractivity contribution in [2.45, 2.75) is 38.5 Å². The fourth-order valence-electron chi connectivity index (χ4n) is 2.75. The van der Waals surface area contributed by atoms with Crippen molar-refractivity contribution in [2.75, 3.05) is 0 Å². The van der Waals surface area contributed by atoms with Crippen LogP contribution in [0, 0.1) is 6.92 Å². The molecule has 1 saturated carbocycles. The first-order chi connectivity index (χ1) is 9.24. The lowest BCUT2D eigenvalue weighted by Gasteiger charge is -2.10. The summed E-state index contributed by atoms with van der Waals surface area (Å²) in [6.45, 7) is 1.98. The van der Waals surface area contributed by atoms with Crippen molar-refractivity contribution >= 4 is 0 Å². The number of aromatic amines is 1. The van der Waals surface area contributed by atoms with Crippen LogP contribution in [-0.4, -0.2) is 15.0 Å². The summed E-state index contributed by atoms with van der Waals surface area (Å²) in [4.78, 5) is 23.6. The van der Waals surface area contributed by atoms with Gasteiger partial charge >= 0.3 is 0 Å². The Kier molecular flexibility index (Phi) is 3.15. The van der Waals surface area contributed by atoms with Crippen LogP contribution >= 0.6 is 0 Å². The van der Waals surface area contributed by atoms with E-state index in [-0.39, 0.29) is 5.56 Å². The molecule has 0 bridgehead atoms. The Morgan fingerprint density at radius 2 is 2.11 bits per heavy atom. The molecular weight excluding hydrogens is 238 g/mol. The smallest absolute Gasteiger partial charge is 0.251 e. The highest BCUT2D eigenvalue weighted by molar-refractivity contribution is 5.53. The van der Waals surface area contributed by atoms with Crippen molar-refractivity contribution in [2.24, 2.45) is 0 Å². The van der Waals surface area contributed by atoms with Crippen molar-refractivity contribution in [3.63, 3.8) is 0 Å². The van der Waals surface area contributed by atoms with E-state index >= 15 is 0 Å². The van der Waals surface area contributed by atoms with Crippen molar-refractivity contribution in [1.82, 2.24) is 15.0 Å². The van der Waals surface area contributed by atoms with Gasteiger partial charge in [0, 0.05) is 18.2 Å². The number of aromatic nitrogens is 3. The van der Waals surface area contributed by atoms with E-state index in [9.17, 15) is 4.79 Å². The van der Waals surface area contributed by atoms with Gasteiger partial charge < -0.3 is 4.98 Å². The maximum absolute atomic E-state index is 11.8. The first kappa shape index (κ1) is 12.1. The Hall–Kier alpha value is -1.97. The Bertz CT molecular complexity index is 642. The maximum Gasteiger partial charge on any atom is 0.251 e. The molecule has 4 heteroatoms. The predicted molar refractivity (Wildman–Crippen MR) is 74.0 cm³/mol. The molecule has 98 valence electrons. The van der Waals surface area contributed by atoms with Crippen LogP contribution in [0.5, 0.6) is 0 Å². The van der Waals surface area contributed by atoms with Crippen LogP contribution in [0.2, 0.25) is 0 Å². The zero-order valence-corrected chi connectivity index (χ0v) is 11.0. The molecule has 0 amide bonds. The van der Waals surface area contributed by atoms with Crippen LogP contribution in [0.25, 0.3) is 11.5 Å². The molecule has 0 aliphatic heterocycles. The number of nitrogens with one attached hydrogen (secondary N) is 1. The Labute approximate surface area is 111 Å². The Morgan fingerprint density at radius 3 is 2.84 bits per heavy atom. The SMILES string of the molecule is Cc1cccnc1-c1nc(C2CCCC2)cc(=O)[nH]1. The van der Waals surface area contributed by atoms with Crippen LogP contribution in [0.15, 0.2) is 29.2 Å². The van der Waals surface area contributed by atoms with E-state index in [2.05, 4.69) is 15.0 Å². The average Bonchev–Trinajstić information content (AvgIpc) is 2.92. The molecule has 4 nitrogen and oxygen atoms in total. The molecule has 2 heterocycles. The lowest BCUT2D eigenvalue weighted by molar-refractivity contribution is 0.693. The van der Waals surface area contributed by atoms with Crippen LogP contribution in [0.3, 0.4) is 0 Å². The molecule has 0 unspecified atom stereocenters. The standard InChI is InChI=1S/C15H17N3O/c1-10-5-4-8-16-14(10)15-17-12(9-13(19)18-15)11-6-2-3-7-11/h4-5,8-9,11H,2-3,6-7H2,1H3,(H,17,18,19). The molecular formula is C15H17N3O. The lowest BCUT2D eigenvalue weighted by atomic mass is 10.0. The fourth-order valence-corrected chi connectivity index (χ4v) is 2.75. The van der Waals surface area contributed by atoms with Gasteiger partial charge in [-0.15, -0.1) is 0 Å². The molecule has 0 saturated heterocycles.